The molecule has 2 rings (SSSR count). The molecule has 2 N–H and O–H groups in total. The second-order valence-electron chi connectivity index (χ2n) is 5.95. The standard InChI is InChI=1S/C16H20BrNO3/c1-10-6-7-11(17)9-12(10)14(19)18-13-5-3-4-8-16(13,2)15(20)21/h6-7,9,13H,3-5,8H2,1-2H3,(H,18,19)(H,20,21). The van der Waals surface area contributed by atoms with Crippen molar-refractivity contribution in [1.82, 2.24) is 5.32 Å². The highest BCUT2D eigenvalue weighted by atomic mass is 79.9. The van der Waals surface area contributed by atoms with Crippen molar-refractivity contribution in [3.8, 4) is 0 Å². The highest BCUT2D eigenvalue weighted by Gasteiger charge is 2.43. The first-order valence-corrected chi connectivity index (χ1v) is 7.94. The molecule has 0 radical (unpaired) electrons. The number of carbonyl (C=O) groups is 2. The number of carboxylic acid groups (broad SMARTS) is 1. The van der Waals surface area contributed by atoms with E-state index >= 15 is 0 Å². The third kappa shape index (κ3) is 3.28. The fraction of sp³-hybridized carbons (Fsp3) is 0.500. The lowest BCUT2D eigenvalue weighted by molar-refractivity contribution is -0.151. The van der Waals surface area contributed by atoms with Crippen molar-refractivity contribution in [2.24, 2.45) is 5.41 Å². The fourth-order valence-corrected chi connectivity index (χ4v) is 3.26. The first-order valence-electron chi connectivity index (χ1n) is 7.15. The number of carboxylic acids is 1. The minimum atomic E-state index is -0.881. The highest BCUT2D eigenvalue weighted by Crippen LogP contribution is 2.36. The van der Waals surface area contributed by atoms with Gasteiger partial charge in [-0.15, -0.1) is 0 Å². The van der Waals surface area contributed by atoms with Crippen LogP contribution in [0.5, 0.6) is 0 Å². The summed E-state index contributed by atoms with van der Waals surface area (Å²) < 4.78 is 0.836. The molecule has 21 heavy (non-hydrogen) atoms. The Hall–Kier alpha value is -1.36. The Morgan fingerprint density at radius 2 is 2.10 bits per heavy atom. The number of hydrogen-bond donors (Lipinski definition) is 2. The Kier molecular flexibility index (Phi) is 4.71. The molecule has 0 bridgehead atoms. The quantitative estimate of drug-likeness (QED) is 0.873. The molecule has 2 unspecified atom stereocenters. The Morgan fingerprint density at radius 3 is 2.76 bits per heavy atom. The Balaban J connectivity index is 2.21. The average molecular weight is 354 g/mol. The van der Waals surface area contributed by atoms with E-state index in [0.29, 0.717) is 18.4 Å². The maximum absolute atomic E-state index is 12.5. The molecule has 0 spiro atoms. The van der Waals surface area contributed by atoms with E-state index in [2.05, 4.69) is 21.2 Å². The number of carbonyl (C=O) groups excluding carboxylic acids is 1. The lowest BCUT2D eigenvalue weighted by atomic mass is 9.71. The van der Waals surface area contributed by atoms with Gasteiger partial charge in [0, 0.05) is 16.1 Å². The summed E-state index contributed by atoms with van der Waals surface area (Å²) in [4.78, 5) is 24.0. The van der Waals surface area contributed by atoms with Gasteiger partial charge >= 0.3 is 5.97 Å². The lowest BCUT2D eigenvalue weighted by Crippen LogP contribution is -2.52. The van der Waals surface area contributed by atoms with E-state index in [1.807, 2.05) is 19.1 Å². The molecule has 1 aromatic carbocycles. The minimum Gasteiger partial charge on any atom is -0.481 e. The first kappa shape index (κ1) is 16.0. The van der Waals surface area contributed by atoms with Gasteiger partial charge in [0.25, 0.3) is 5.91 Å². The Morgan fingerprint density at radius 1 is 1.38 bits per heavy atom. The monoisotopic (exact) mass is 353 g/mol. The summed E-state index contributed by atoms with van der Waals surface area (Å²) in [6.07, 6.45) is 3.16. The zero-order valence-electron chi connectivity index (χ0n) is 12.3. The van der Waals surface area contributed by atoms with Crippen LogP contribution in [0.4, 0.5) is 0 Å². The SMILES string of the molecule is Cc1ccc(Br)cc1C(=O)NC1CCCCC1(C)C(=O)O. The van der Waals surface area contributed by atoms with Crippen LogP contribution in [0, 0.1) is 12.3 Å². The van der Waals surface area contributed by atoms with Crippen LogP contribution in [0.25, 0.3) is 0 Å². The lowest BCUT2D eigenvalue weighted by Gasteiger charge is -2.38. The molecule has 0 aliphatic heterocycles. The van der Waals surface area contributed by atoms with Crippen molar-refractivity contribution in [2.45, 2.75) is 45.6 Å². The largest absolute Gasteiger partial charge is 0.481 e. The number of aliphatic carboxylic acids is 1. The molecule has 1 saturated carbocycles. The normalized spacial score (nSPS) is 25.4. The topological polar surface area (TPSA) is 66.4 Å². The molecule has 0 saturated heterocycles. The average Bonchev–Trinajstić information content (AvgIpc) is 2.43. The predicted molar refractivity (Wildman–Crippen MR) is 84.3 cm³/mol. The summed E-state index contributed by atoms with van der Waals surface area (Å²) in [7, 11) is 0. The zero-order valence-corrected chi connectivity index (χ0v) is 13.9. The van der Waals surface area contributed by atoms with Gasteiger partial charge in [0.1, 0.15) is 0 Å². The van der Waals surface area contributed by atoms with Crippen LogP contribution in [0.1, 0.15) is 48.5 Å². The van der Waals surface area contributed by atoms with Crippen LogP contribution >= 0.6 is 15.9 Å². The molecule has 0 aromatic heterocycles. The van der Waals surface area contributed by atoms with E-state index in [1.54, 1.807) is 13.0 Å². The van der Waals surface area contributed by atoms with Gasteiger partial charge in [0.2, 0.25) is 0 Å². The molecule has 0 heterocycles. The van der Waals surface area contributed by atoms with Crippen LogP contribution in [0.15, 0.2) is 22.7 Å². The second kappa shape index (κ2) is 6.18. The molecule has 1 aromatic rings. The summed E-state index contributed by atoms with van der Waals surface area (Å²) in [5.41, 5.74) is 0.583. The van der Waals surface area contributed by atoms with Gasteiger partial charge in [-0.3, -0.25) is 9.59 Å². The van der Waals surface area contributed by atoms with Crippen molar-refractivity contribution in [3.63, 3.8) is 0 Å². The van der Waals surface area contributed by atoms with E-state index in [9.17, 15) is 14.7 Å². The van der Waals surface area contributed by atoms with Gasteiger partial charge in [0.15, 0.2) is 0 Å². The van der Waals surface area contributed by atoms with Crippen molar-refractivity contribution >= 4 is 27.8 Å². The van der Waals surface area contributed by atoms with Crippen LogP contribution < -0.4 is 5.32 Å². The second-order valence-corrected chi connectivity index (χ2v) is 6.87. The zero-order chi connectivity index (χ0) is 15.6. The first-order chi connectivity index (χ1) is 9.84. The maximum atomic E-state index is 12.5. The van der Waals surface area contributed by atoms with Crippen molar-refractivity contribution in [3.05, 3.63) is 33.8 Å². The number of halogens is 1. The molecule has 114 valence electrons. The number of rotatable bonds is 3. The van der Waals surface area contributed by atoms with E-state index < -0.39 is 11.4 Å². The molecular formula is C16H20BrNO3. The number of hydrogen-bond acceptors (Lipinski definition) is 2. The molecule has 1 fully saturated rings. The fourth-order valence-electron chi connectivity index (χ4n) is 2.90. The minimum absolute atomic E-state index is 0.201. The van der Waals surface area contributed by atoms with Gasteiger partial charge in [0.05, 0.1) is 5.41 Å². The van der Waals surface area contributed by atoms with Gasteiger partial charge in [-0.1, -0.05) is 34.8 Å². The van der Waals surface area contributed by atoms with Crippen LogP contribution in [0.2, 0.25) is 0 Å². The molecular weight excluding hydrogens is 334 g/mol. The van der Waals surface area contributed by atoms with E-state index in [-0.39, 0.29) is 11.9 Å². The van der Waals surface area contributed by atoms with Crippen molar-refractivity contribution in [2.75, 3.05) is 0 Å². The Labute approximate surface area is 133 Å². The summed E-state index contributed by atoms with van der Waals surface area (Å²) in [5.74, 6) is -1.04. The maximum Gasteiger partial charge on any atom is 0.311 e. The molecule has 2 atom stereocenters. The van der Waals surface area contributed by atoms with Crippen LogP contribution in [-0.4, -0.2) is 23.0 Å². The summed E-state index contributed by atoms with van der Waals surface area (Å²) in [5, 5.41) is 12.4. The Bertz CT molecular complexity index is 573. The van der Waals surface area contributed by atoms with Crippen molar-refractivity contribution < 1.29 is 14.7 Å². The third-order valence-electron chi connectivity index (χ3n) is 4.45. The van der Waals surface area contributed by atoms with Gasteiger partial charge in [-0.25, -0.2) is 0 Å². The molecule has 5 heteroatoms. The number of benzene rings is 1. The molecule has 1 amide bonds. The van der Waals surface area contributed by atoms with Gasteiger partial charge in [-0.05, 0) is 44.4 Å². The van der Waals surface area contributed by atoms with E-state index in [1.165, 1.54) is 0 Å². The number of aryl methyl sites for hydroxylation is 1. The van der Waals surface area contributed by atoms with Gasteiger partial charge < -0.3 is 10.4 Å². The van der Waals surface area contributed by atoms with Crippen molar-refractivity contribution in [1.29, 1.82) is 0 Å². The van der Waals surface area contributed by atoms with E-state index in [4.69, 9.17) is 0 Å². The van der Waals surface area contributed by atoms with Gasteiger partial charge in [-0.2, -0.15) is 0 Å². The third-order valence-corrected chi connectivity index (χ3v) is 4.94. The number of nitrogens with one attached hydrogen (secondary N) is 1. The smallest absolute Gasteiger partial charge is 0.311 e. The summed E-state index contributed by atoms with van der Waals surface area (Å²) in [6, 6.07) is 5.20. The molecule has 4 nitrogen and oxygen atoms in total. The molecule has 1 aliphatic rings. The summed E-state index contributed by atoms with van der Waals surface area (Å²) >= 11 is 3.36. The molecule has 1 aliphatic carbocycles. The number of amides is 1. The van der Waals surface area contributed by atoms with E-state index in [0.717, 1.165) is 22.9 Å². The predicted octanol–water partition coefficient (Wildman–Crippen LogP) is 3.52. The summed E-state index contributed by atoms with van der Waals surface area (Å²) in [6.45, 7) is 3.60. The van der Waals surface area contributed by atoms with Crippen LogP contribution in [0.3, 0.4) is 0 Å². The highest BCUT2D eigenvalue weighted by molar-refractivity contribution is 9.10. The van der Waals surface area contributed by atoms with Crippen LogP contribution in [-0.2, 0) is 4.79 Å².